The molecule has 2 aromatic rings. The highest BCUT2D eigenvalue weighted by Crippen LogP contribution is 2.14. The number of hydrogen-bond acceptors (Lipinski definition) is 4. The van der Waals surface area contributed by atoms with Crippen LogP contribution in [0.5, 0.6) is 0 Å². The molecular weight excluding hydrogens is 324 g/mol. The number of carbonyl (C=O) groups is 3. The molecule has 7 heteroatoms. The van der Waals surface area contributed by atoms with E-state index in [9.17, 15) is 14.4 Å². The van der Waals surface area contributed by atoms with Gasteiger partial charge in [-0.1, -0.05) is 19.1 Å². The van der Waals surface area contributed by atoms with E-state index in [0.29, 0.717) is 17.7 Å². The van der Waals surface area contributed by atoms with Gasteiger partial charge in [0.2, 0.25) is 5.91 Å². The van der Waals surface area contributed by atoms with E-state index in [1.165, 1.54) is 18.6 Å². The highest BCUT2D eigenvalue weighted by molar-refractivity contribution is 6.00. The first-order chi connectivity index (χ1) is 11.9. The molecule has 2 unspecified atom stereocenters. The molecule has 0 spiro atoms. The largest absolute Gasteiger partial charge is 0.481 e. The maximum Gasteiger partial charge on any atom is 0.306 e. The van der Waals surface area contributed by atoms with Gasteiger partial charge in [-0.15, -0.1) is 0 Å². The highest BCUT2D eigenvalue weighted by atomic mass is 16.4. The monoisotopic (exact) mass is 344 g/mol. The van der Waals surface area contributed by atoms with Crippen LogP contribution >= 0.6 is 0 Å². The molecule has 0 saturated heterocycles. The molecule has 0 fully saturated rings. The summed E-state index contributed by atoms with van der Waals surface area (Å²) in [6.45, 7) is 3.22. The molecule has 2 atom stereocenters. The summed E-state index contributed by atoms with van der Waals surface area (Å²) in [5.41, 5.74) is 1.78. The molecule has 132 valence electrons. The van der Waals surface area contributed by atoms with Crippen LogP contribution in [0.3, 0.4) is 0 Å². The van der Waals surface area contributed by atoms with Crippen LogP contribution < -0.4 is 10.6 Å². The fraction of sp³-hybridized carbons (Fsp3) is 0.278. The third kappa shape index (κ3) is 5.20. The van der Waals surface area contributed by atoms with E-state index < -0.39 is 23.8 Å². The molecular formula is C18H20N2O5. The molecule has 0 bridgehead atoms. The predicted octanol–water partition coefficient (Wildman–Crippen LogP) is 2.30. The predicted molar refractivity (Wildman–Crippen MR) is 91.2 cm³/mol. The molecule has 0 saturated carbocycles. The van der Waals surface area contributed by atoms with E-state index >= 15 is 0 Å². The number of hydrogen-bond donors (Lipinski definition) is 3. The number of rotatable bonds is 7. The van der Waals surface area contributed by atoms with E-state index in [1.54, 1.807) is 38.1 Å². The Hall–Kier alpha value is -3.09. The molecule has 1 aromatic heterocycles. The van der Waals surface area contributed by atoms with E-state index in [2.05, 4.69) is 10.6 Å². The summed E-state index contributed by atoms with van der Waals surface area (Å²) in [5, 5.41) is 14.2. The van der Waals surface area contributed by atoms with Crippen LogP contribution in [0.2, 0.25) is 0 Å². The van der Waals surface area contributed by atoms with Gasteiger partial charge < -0.3 is 20.2 Å². The van der Waals surface area contributed by atoms with E-state index in [1.807, 2.05) is 0 Å². The van der Waals surface area contributed by atoms with Crippen molar-refractivity contribution in [3.63, 3.8) is 0 Å². The Balaban J connectivity index is 1.89. The number of benzene rings is 1. The summed E-state index contributed by atoms with van der Waals surface area (Å²) in [6.07, 6.45) is 3.10. The van der Waals surface area contributed by atoms with Crippen LogP contribution in [0.25, 0.3) is 0 Å². The first-order valence-corrected chi connectivity index (χ1v) is 7.82. The van der Waals surface area contributed by atoms with Gasteiger partial charge in [0.25, 0.3) is 5.91 Å². The Morgan fingerprint density at radius 3 is 2.36 bits per heavy atom. The lowest BCUT2D eigenvalue weighted by Gasteiger charge is -2.14. The van der Waals surface area contributed by atoms with Gasteiger partial charge in [-0.25, -0.2) is 0 Å². The zero-order chi connectivity index (χ0) is 18.4. The summed E-state index contributed by atoms with van der Waals surface area (Å²) in [5.74, 6) is -2.07. The van der Waals surface area contributed by atoms with E-state index in [0.717, 1.165) is 5.56 Å². The van der Waals surface area contributed by atoms with Crippen LogP contribution in [0, 0.1) is 5.92 Å². The average Bonchev–Trinajstić information content (AvgIpc) is 3.11. The molecule has 2 amide bonds. The summed E-state index contributed by atoms with van der Waals surface area (Å²) in [6, 6.07) is 7.72. The Bertz CT molecular complexity index is 737. The first kappa shape index (κ1) is 18.3. The van der Waals surface area contributed by atoms with Crippen LogP contribution in [0.1, 0.15) is 29.8 Å². The van der Waals surface area contributed by atoms with Crippen molar-refractivity contribution in [1.82, 2.24) is 5.32 Å². The number of nitrogens with one attached hydrogen (secondary N) is 2. The SMILES string of the molecule is CC(Cc1ccc(NC(=O)C(C)NC(=O)c2ccoc2)cc1)C(=O)O. The average molecular weight is 344 g/mol. The fourth-order valence-corrected chi connectivity index (χ4v) is 2.15. The van der Waals surface area contributed by atoms with Crippen LogP contribution in [-0.2, 0) is 16.0 Å². The number of amides is 2. The van der Waals surface area contributed by atoms with Crippen molar-refractivity contribution < 1.29 is 23.9 Å². The molecule has 0 aliphatic heterocycles. The number of furan rings is 1. The topological polar surface area (TPSA) is 109 Å². The fourth-order valence-electron chi connectivity index (χ4n) is 2.15. The van der Waals surface area contributed by atoms with Crippen molar-refractivity contribution in [2.24, 2.45) is 5.92 Å². The maximum atomic E-state index is 12.1. The van der Waals surface area contributed by atoms with Crippen molar-refractivity contribution in [3.05, 3.63) is 54.0 Å². The number of anilines is 1. The van der Waals surface area contributed by atoms with Crippen molar-refractivity contribution in [2.45, 2.75) is 26.3 Å². The minimum Gasteiger partial charge on any atom is -0.481 e. The summed E-state index contributed by atoms with van der Waals surface area (Å²) in [4.78, 5) is 34.9. The quantitative estimate of drug-likeness (QED) is 0.714. The van der Waals surface area contributed by atoms with Crippen molar-refractivity contribution in [2.75, 3.05) is 5.32 Å². The zero-order valence-electron chi connectivity index (χ0n) is 14.0. The minimum atomic E-state index is -0.848. The van der Waals surface area contributed by atoms with Gasteiger partial charge in [0.05, 0.1) is 17.7 Å². The Morgan fingerprint density at radius 2 is 1.80 bits per heavy atom. The summed E-state index contributed by atoms with van der Waals surface area (Å²) < 4.78 is 4.83. The second-order valence-electron chi connectivity index (χ2n) is 5.84. The second-order valence-corrected chi connectivity index (χ2v) is 5.84. The van der Waals surface area contributed by atoms with Crippen LogP contribution in [-0.4, -0.2) is 28.9 Å². The first-order valence-electron chi connectivity index (χ1n) is 7.82. The van der Waals surface area contributed by atoms with Crippen molar-refractivity contribution >= 4 is 23.5 Å². The third-order valence-electron chi connectivity index (χ3n) is 3.71. The molecule has 0 radical (unpaired) electrons. The number of carbonyl (C=O) groups excluding carboxylic acids is 2. The smallest absolute Gasteiger partial charge is 0.306 e. The van der Waals surface area contributed by atoms with E-state index in [4.69, 9.17) is 9.52 Å². The van der Waals surface area contributed by atoms with Gasteiger partial charge >= 0.3 is 5.97 Å². The Labute approximate surface area is 145 Å². The van der Waals surface area contributed by atoms with E-state index in [-0.39, 0.29) is 5.91 Å². The molecule has 3 N–H and O–H groups in total. The molecule has 1 aromatic carbocycles. The molecule has 0 aliphatic carbocycles. The lowest BCUT2D eigenvalue weighted by molar-refractivity contribution is -0.141. The summed E-state index contributed by atoms with van der Waals surface area (Å²) in [7, 11) is 0. The lowest BCUT2D eigenvalue weighted by atomic mass is 10.0. The lowest BCUT2D eigenvalue weighted by Crippen LogP contribution is -2.41. The standard InChI is InChI=1S/C18H20N2O5/c1-11(18(23)24)9-13-3-5-15(6-4-13)20-16(21)12(2)19-17(22)14-7-8-25-10-14/h3-8,10-12H,9H2,1-2H3,(H,19,22)(H,20,21)(H,23,24). The van der Waals surface area contributed by atoms with Gasteiger partial charge in [-0.2, -0.15) is 0 Å². The summed E-state index contributed by atoms with van der Waals surface area (Å²) >= 11 is 0. The normalized spacial score (nSPS) is 12.9. The molecule has 25 heavy (non-hydrogen) atoms. The van der Waals surface area contributed by atoms with Crippen LogP contribution in [0.4, 0.5) is 5.69 Å². The number of aliphatic carboxylic acids is 1. The third-order valence-corrected chi connectivity index (χ3v) is 3.71. The molecule has 1 heterocycles. The minimum absolute atomic E-state index is 0.344. The number of carboxylic acids is 1. The Morgan fingerprint density at radius 1 is 1.12 bits per heavy atom. The van der Waals surface area contributed by atoms with Crippen molar-refractivity contribution in [1.29, 1.82) is 0 Å². The molecule has 0 aliphatic rings. The van der Waals surface area contributed by atoms with Gasteiger partial charge in [0, 0.05) is 5.69 Å². The van der Waals surface area contributed by atoms with Gasteiger partial charge in [-0.05, 0) is 37.1 Å². The maximum absolute atomic E-state index is 12.1. The number of carboxylic acid groups (broad SMARTS) is 1. The Kier molecular flexibility index (Phi) is 5.94. The van der Waals surface area contributed by atoms with Gasteiger partial charge in [0.15, 0.2) is 0 Å². The second kappa shape index (κ2) is 8.14. The van der Waals surface area contributed by atoms with Crippen LogP contribution in [0.15, 0.2) is 47.3 Å². The zero-order valence-corrected chi connectivity index (χ0v) is 14.0. The van der Waals surface area contributed by atoms with Crippen molar-refractivity contribution in [3.8, 4) is 0 Å². The van der Waals surface area contributed by atoms with Gasteiger partial charge in [0.1, 0.15) is 12.3 Å². The highest BCUT2D eigenvalue weighted by Gasteiger charge is 2.17. The molecule has 7 nitrogen and oxygen atoms in total. The van der Waals surface area contributed by atoms with Gasteiger partial charge in [-0.3, -0.25) is 14.4 Å². The molecule has 2 rings (SSSR count).